The van der Waals surface area contributed by atoms with Crippen LogP contribution in [-0.4, -0.2) is 24.6 Å². The molecule has 10 heavy (non-hydrogen) atoms. The van der Waals surface area contributed by atoms with Crippen LogP contribution in [0.4, 0.5) is 17.6 Å². The van der Waals surface area contributed by atoms with Crippen molar-refractivity contribution in [3.05, 3.63) is 0 Å². The summed E-state index contributed by atoms with van der Waals surface area (Å²) >= 11 is 0. The van der Waals surface area contributed by atoms with Crippen LogP contribution >= 0.6 is 0 Å². The summed E-state index contributed by atoms with van der Waals surface area (Å²) in [7, 11) is 0. The molecule has 0 aromatic heterocycles. The van der Waals surface area contributed by atoms with E-state index >= 15 is 0 Å². The SMILES string of the molecule is CCOC1(F)C(F)C1(F)F. The molecule has 1 saturated carbocycles. The summed E-state index contributed by atoms with van der Waals surface area (Å²) in [6.45, 7) is 1.06. The summed E-state index contributed by atoms with van der Waals surface area (Å²) in [5.74, 6) is -7.29. The number of alkyl halides is 4. The molecule has 0 aromatic rings. The Morgan fingerprint density at radius 2 is 1.80 bits per heavy atom. The van der Waals surface area contributed by atoms with Gasteiger partial charge in [-0.05, 0) is 6.92 Å². The van der Waals surface area contributed by atoms with Crippen molar-refractivity contribution in [3.63, 3.8) is 0 Å². The van der Waals surface area contributed by atoms with Gasteiger partial charge in [0.1, 0.15) is 0 Å². The summed E-state index contributed by atoms with van der Waals surface area (Å²) in [4.78, 5) is 0. The Bertz CT molecular complexity index is 149. The van der Waals surface area contributed by atoms with Gasteiger partial charge >= 0.3 is 11.8 Å². The van der Waals surface area contributed by atoms with E-state index in [-0.39, 0.29) is 6.61 Å². The highest BCUT2D eigenvalue weighted by atomic mass is 19.3. The van der Waals surface area contributed by atoms with E-state index in [4.69, 9.17) is 0 Å². The quantitative estimate of drug-likeness (QED) is 0.555. The fourth-order valence-corrected chi connectivity index (χ4v) is 0.692. The maximum atomic E-state index is 12.3. The van der Waals surface area contributed by atoms with Crippen LogP contribution in [0.25, 0.3) is 0 Å². The molecule has 1 nitrogen and oxygen atoms in total. The Labute approximate surface area is 55.0 Å². The first-order valence-electron chi connectivity index (χ1n) is 2.81. The van der Waals surface area contributed by atoms with Crippen molar-refractivity contribution >= 4 is 0 Å². The molecule has 1 aliphatic rings. The third-order valence-electron chi connectivity index (χ3n) is 1.37. The van der Waals surface area contributed by atoms with E-state index in [1.165, 1.54) is 6.92 Å². The van der Waals surface area contributed by atoms with Gasteiger partial charge in [0.05, 0.1) is 0 Å². The van der Waals surface area contributed by atoms with Crippen LogP contribution < -0.4 is 0 Å². The molecule has 1 fully saturated rings. The highest BCUT2D eigenvalue weighted by molar-refractivity contribution is 5.16. The van der Waals surface area contributed by atoms with Gasteiger partial charge in [-0.1, -0.05) is 0 Å². The van der Waals surface area contributed by atoms with E-state index in [0.29, 0.717) is 0 Å². The normalized spacial score (nSPS) is 43.5. The highest BCUT2D eigenvalue weighted by Crippen LogP contribution is 2.58. The average Bonchev–Trinajstić information content (AvgIpc) is 2.17. The Morgan fingerprint density at radius 3 is 1.90 bits per heavy atom. The second-order valence-electron chi connectivity index (χ2n) is 2.06. The minimum atomic E-state index is -3.94. The average molecular weight is 158 g/mol. The lowest BCUT2D eigenvalue weighted by molar-refractivity contribution is -0.131. The Hall–Kier alpha value is -0.320. The molecule has 0 amide bonds. The second-order valence-corrected chi connectivity index (χ2v) is 2.06. The molecule has 0 aliphatic heterocycles. The topological polar surface area (TPSA) is 9.23 Å². The molecular weight excluding hydrogens is 152 g/mol. The van der Waals surface area contributed by atoms with Gasteiger partial charge in [-0.15, -0.1) is 0 Å². The standard InChI is InChI=1S/C5H6F4O/c1-2-10-5(9)3(6)4(5,7)8/h3H,2H2,1H3. The van der Waals surface area contributed by atoms with E-state index in [1.807, 2.05) is 0 Å². The zero-order chi connectivity index (χ0) is 7.99. The molecule has 0 radical (unpaired) electrons. The largest absolute Gasteiger partial charge is 0.345 e. The van der Waals surface area contributed by atoms with E-state index in [1.54, 1.807) is 0 Å². The van der Waals surface area contributed by atoms with Gasteiger partial charge in [0, 0.05) is 6.61 Å². The maximum absolute atomic E-state index is 12.3. The van der Waals surface area contributed by atoms with E-state index in [2.05, 4.69) is 4.74 Å². The minimum Gasteiger partial charge on any atom is -0.339 e. The first kappa shape index (κ1) is 7.78. The van der Waals surface area contributed by atoms with Crippen molar-refractivity contribution in [3.8, 4) is 0 Å². The van der Waals surface area contributed by atoms with Crippen LogP contribution in [0.1, 0.15) is 6.92 Å². The predicted octanol–water partition coefficient (Wildman–Crippen LogP) is 1.68. The molecular formula is C5H6F4O. The Kier molecular flexibility index (Phi) is 1.43. The minimum absolute atomic E-state index is 0.257. The molecule has 5 heteroatoms. The van der Waals surface area contributed by atoms with Crippen LogP contribution in [0, 0.1) is 0 Å². The summed E-state index contributed by atoms with van der Waals surface area (Å²) in [5, 5.41) is 0. The second kappa shape index (κ2) is 1.84. The zero-order valence-electron chi connectivity index (χ0n) is 5.20. The molecule has 0 bridgehead atoms. The highest BCUT2D eigenvalue weighted by Gasteiger charge is 2.87. The van der Waals surface area contributed by atoms with Crippen LogP contribution in [0.3, 0.4) is 0 Å². The van der Waals surface area contributed by atoms with Gasteiger partial charge in [0.25, 0.3) is 0 Å². The number of rotatable bonds is 2. The molecule has 0 saturated heterocycles. The fraction of sp³-hybridized carbons (Fsp3) is 1.00. The molecule has 2 unspecified atom stereocenters. The number of halogens is 4. The lowest BCUT2D eigenvalue weighted by Crippen LogP contribution is -2.16. The van der Waals surface area contributed by atoms with Gasteiger partial charge in [-0.25, -0.2) is 8.78 Å². The monoisotopic (exact) mass is 158 g/mol. The Morgan fingerprint density at radius 1 is 1.40 bits per heavy atom. The van der Waals surface area contributed by atoms with E-state index < -0.39 is 17.9 Å². The lowest BCUT2D eigenvalue weighted by Gasteiger charge is -2.02. The van der Waals surface area contributed by atoms with Crippen LogP contribution in [0.15, 0.2) is 0 Å². The van der Waals surface area contributed by atoms with Crippen LogP contribution in [0.5, 0.6) is 0 Å². The van der Waals surface area contributed by atoms with Gasteiger partial charge in [-0.2, -0.15) is 8.78 Å². The molecule has 1 aliphatic carbocycles. The van der Waals surface area contributed by atoms with E-state index in [0.717, 1.165) is 0 Å². The molecule has 1 rings (SSSR count). The molecule has 0 spiro atoms. The maximum Gasteiger partial charge on any atom is 0.345 e. The van der Waals surface area contributed by atoms with Crippen molar-refractivity contribution in [2.75, 3.05) is 6.61 Å². The van der Waals surface area contributed by atoms with Crippen LogP contribution in [0.2, 0.25) is 0 Å². The first-order valence-corrected chi connectivity index (χ1v) is 2.81. The van der Waals surface area contributed by atoms with Gasteiger partial charge in [0.15, 0.2) is 0 Å². The number of ether oxygens (including phenoxy) is 1. The van der Waals surface area contributed by atoms with Gasteiger partial charge in [0.2, 0.25) is 6.17 Å². The molecule has 0 N–H and O–H groups in total. The fourth-order valence-electron chi connectivity index (χ4n) is 0.692. The summed E-state index contributed by atoms with van der Waals surface area (Å²) < 4.78 is 51.8. The van der Waals surface area contributed by atoms with Crippen molar-refractivity contribution in [1.82, 2.24) is 0 Å². The Balaban J connectivity index is 2.59. The van der Waals surface area contributed by atoms with Crippen LogP contribution in [-0.2, 0) is 4.74 Å². The molecule has 0 aromatic carbocycles. The molecule has 2 atom stereocenters. The predicted molar refractivity (Wildman–Crippen MR) is 25.3 cm³/mol. The molecule has 60 valence electrons. The third-order valence-corrected chi connectivity index (χ3v) is 1.37. The summed E-state index contributed by atoms with van der Waals surface area (Å²) in [5.41, 5.74) is 0. The van der Waals surface area contributed by atoms with Crippen molar-refractivity contribution in [2.24, 2.45) is 0 Å². The van der Waals surface area contributed by atoms with Crippen molar-refractivity contribution in [1.29, 1.82) is 0 Å². The lowest BCUT2D eigenvalue weighted by atomic mass is 10.7. The van der Waals surface area contributed by atoms with Gasteiger partial charge in [-0.3, -0.25) is 0 Å². The third kappa shape index (κ3) is 0.666. The van der Waals surface area contributed by atoms with E-state index in [9.17, 15) is 17.6 Å². The molecule has 0 heterocycles. The number of hydrogen-bond donors (Lipinski definition) is 0. The zero-order valence-corrected chi connectivity index (χ0v) is 5.20. The summed E-state index contributed by atoms with van der Waals surface area (Å²) in [6.07, 6.45) is -2.79. The first-order chi connectivity index (χ1) is 4.47. The summed E-state index contributed by atoms with van der Waals surface area (Å²) in [6, 6.07) is 0. The van der Waals surface area contributed by atoms with Crippen molar-refractivity contribution < 1.29 is 22.3 Å². The number of hydrogen-bond acceptors (Lipinski definition) is 1. The van der Waals surface area contributed by atoms with Crippen molar-refractivity contribution in [2.45, 2.75) is 24.9 Å². The smallest absolute Gasteiger partial charge is 0.339 e. The van der Waals surface area contributed by atoms with Gasteiger partial charge < -0.3 is 4.74 Å².